The molecule has 0 aromatic rings. The summed E-state index contributed by atoms with van der Waals surface area (Å²) in [4.78, 5) is 22.3. The number of urea groups is 1. The largest absolute Gasteiger partial charge is 0.481 e. The molecule has 2 unspecified atom stereocenters. The fourth-order valence-corrected chi connectivity index (χ4v) is 2.08. The summed E-state index contributed by atoms with van der Waals surface area (Å²) in [6, 6.07) is -0.300. The molecule has 108 valence electrons. The quantitative estimate of drug-likeness (QED) is 0.456. The predicted octanol–water partition coefficient (Wildman–Crippen LogP) is 1.13. The highest BCUT2D eigenvalue weighted by molar-refractivity contribution is 5.75. The van der Waals surface area contributed by atoms with E-state index in [0.29, 0.717) is 32.6 Å². The number of nitrogens with one attached hydrogen (secondary N) is 2. The van der Waals surface area contributed by atoms with E-state index in [1.165, 1.54) is 0 Å². The summed E-state index contributed by atoms with van der Waals surface area (Å²) in [5.74, 6) is -1.10. The lowest BCUT2D eigenvalue weighted by molar-refractivity contribution is -0.141. The van der Waals surface area contributed by atoms with Gasteiger partial charge in [0.2, 0.25) is 0 Å². The molecule has 1 aliphatic carbocycles. The van der Waals surface area contributed by atoms with Crippen molar-refractivity contribution in [1.82, 2.24) is 10.6 Å². The molecule has 1 fully saturated rings. The molecule has 19 heavy (non-hydrogen) atoms. The summed E-state index contributed by atoms with van der Waals surface area (Å²) in [5.41, 5.74) is 0. The molecule has 1 aliphatic rings. The monoisotopic (exact) mass is 270 g/mol. The second-order valence-corrected chi connectivity index (χ2v) is 4.64. The summed E-state index contributed by atoms with van der Waals surface area (Å²) in [5, 5.41) is 14.3. The van der Waals surface area contributed by atoms with Gasteiger partial charge in [0.25, 0.3) is 0 Å². The Morgan fingerprint density at radius 2 is 2.16 bits per heavy atom. The fourth-order valence-electron chi connectivity index (χ4n) is 2.08. The SMILES string of the molecule is C=CCCOCCNC(=O)NC1CCC(C(=O)O)C1. The molecule has 0 spiro atoms. The minimum Gasteiger partial charge on any atom is -0.481 e. The van der Waals surface area contributed by atoms with Crippen LogP contribution in [0.4, 0.5) is 4.79 Å². The number of hydrogen-bond donors (Lipinski definition) is 3. The van der Waals surface area contributed by atoms with Gasteiger partial charge in [0.15, 0.2) is 0 Å². The zero-order chi connectivity index (χ0) is 14.1. The maximum atomic E-state index is 11.5. The van der Waals surface area contributed by atoms with Crippen LogP contribution in [0.15, 0.2) is 12.7 Å². The number of ether oxygens (including phenoxy) is 1. The van der Waals surface area contributed by atoms with Gasteiger partial charge in [0.05, 0.1) is 19.1 Å². The summed E-state index contributed by atoms with van der Waals surface area (Å²) in [7, 11) is 0. The van der Waals surface area contributed by atoms with Gasteiger partial charge >= 0.3 is 12.0 Å². The van der Waals surface area contributed by atoms with Crippen LogP contribution in [0.25, 0.3) is 0 Å². The number of carboxylic acids is 1. The van der Waals surface area contributed by atoms with Crippen LogP contribution in [0.3, 0.4) is 0 Å². The second kappa shape index (κ2) is 8.53. The summed E-state index contributed by atoms with van der Waals surface area (Å²) < 4.78 is 5.25. The summed E-state index contributed by atoms with van der Waals surface area (Å²) >= 11 is 0. The number of rotatable bonds is 8. The van der Waals surface area contributed by atoms with Crippen LogP contribution in [-0.4, -0.2) is 42.9 Å². The van der Waals surface area contributed by atoms with Gasteiger partial charge in [-0.05, 0) is 25.7 Å². The number of amides is 2. The average Bonchev–Trinajstić information content (AvgIpc) is 2.82. The van der Waals surface area contributed by atoms with E-state index >= 15 is 0 Å². The van der Waals surface area contributed by atoms with Crippen LogP contribution in [0, 0.1) is 5.92 Å². The van der Waals surface area contributed by atoms with Crippen LogP contribution in [0.5, 0.6) is 0 Å². The molecule has 0 aromatic carbocycles. The molecule has 2 atom stereocenters. The molecule has 2 amide bonds. The molecule has 0 aromatic heterocycles. The molecule has 1 saturated carbocycles. The van der Waals surface area contributed by atoms with Crippen molar-refractivity contribution in [2.24, 2.45) is 5.92 Å². The molecule has 0 radical (unpaired) electrons. The van der Waals surface area contributed by atoms with E-state index < -0.39 is 5.97 Å². The minimum absolute atomic E-state index is 0.0391. The van der Waals surface area contributed by atoms with E-state index in [4.69, 9.17) is 9.84 Å². The molecule has 0 heterocycles. The van der Waals surface area contributed by atoms with Crippen molar-refractivity contribution in [1.29, 1.82) is 0 Å². The maximum Gasteiger partial charge on any atom is 0.315 e. The van der Waals surface area contributed by atoms with Crippen molar-refractivity contribution in [3.8, 4) is 0 Å². The minimum atomic E-state index is -0.777. The first-order valence-corrected chi connectivity index (χ1v) is 6.59. The first-order chi connectivity index (χ1) is 9.13. The molecule has 0 bridgehead atoms. The first-order valence-electron chi connectivity index (χ1n) is 6.59. The van der Waals surface area contributed by atoms with E-state index in [1.54, 1.807) is 6.08 Å². The number of aliphatic carboxylic acids is 1. The summed E-state index contributed by atoms with van der Waals surface area (Å²) in [6.07, 6.45) is 4.44. The van der Waals surface area contributed by atoms with Crippen LogP contribution < -0.4 is 10.6 Å². The smallest absolute Gasteiger partial charge is 0.315 e. The molecule has 3 N–H and O–H groups in total. The van der Waals surface area contributed by atoms with Gasteiger partial charge in [-0.25, -0.2) is 4.79 Å². The van der Waals surface area contributed by atoms with Gasteiger partial charge in [-0.15, -0.1) is 6.58 Å². The molecule has 1 rings (SSSR count). The van der Waals surface area contributed by atoms with Gasteiger partial charge in [-0.3, -0.25) is 4.79 Å². The molecule has 6 nitrogen and oxygen atoms in total. The zero-order valence-electron chi connectivity index (χ0n) is 11.1. The van der Waals surface area contributed by atoms with Gasteiger partial charge in [-0.2, -0.15) is 0 Å². The van der Waals surface area contributed by atoms with Crippen molar-refractivity contribution in [3.63, 3.8) is 0 Å². The lowest BCUT2D eigenvalue weighted by Crippen LogP contribution is -2.42. The highest BCUT2D eigenvalue weighted by Gasteiger charge is 2.30. The molecule has 6 heteroatoms. The van der Waals surface area contributed by atoms with Crippen LogP contribution in [-0.2, 0) is 9.53 Å². The number of carboxylic acid groups (broad SMARTS) is 1. The first kappa shape index (κ1) is 15.5. The third kappa shape index (κ3) is 6.24. The van der Waals surface area contributed by atoms with E-state index in [9.17, 15) is 9.59 Å². The lowest BCUT2D eigenvalue weighted by atomic mass is 10.1. The highest BCUT2D eigenvalue weighted by Crippen LogP contribution is 2.25. The van der Waals surface area contributed by atoms with Gasteiger partial charge < -0.3 is 20.5 Å². The second-order valence-electron chi connectivity index (χ2n) is 4.64. The zero-order valence-corrected chi connectivity index (χ0v) is 11.1. The van der Waals surface area contributed by atoms with Crippen molar-refractivity contribution in [3.05, 3.63) is 12.7 Å². The highest BCUT2D eigenvalue weighted by atomic mass is 16.5. The van der Waals surface area contributed by atoms with Crippen molar-refractivity contribution < 1.29 is 19.4 Å². The van der Waals surface area contributed by atoms with E-state index in [1.807, 2.05) is 0 Å². The summed E-state index contributed by atoms with van der Waals surface area (Å²) in [6.45, 7) is 5.09. The van der Waals surface area contributed by atoms with Gasteiger partial charge in [0.1, 0.15) is 0 Å². The van der Waals surface area contributed by atoms with Crippen molar-refractivity contribution >= 4 is 12.0 Å². The number of carbonyl (C=O) groups is 2. The lowest BCUT2D eigenvalue weighted by Gasteiger charge is -2.13. The normalized spacial score (nSPS) is 21.9. The van der Waals surface area contributed by atoms with Gasteiger partial charge in [-0.1, -0.05) is 6.08 Å². The average molecular weight is 270 g/mol. The van der Waals surface area contributed by atoms with Crippen LogP contribution >= 0.6 is 0 Å². The number of hydrogen-bond acceptors (Lipinski definition) is 3. The Morgan fingerprint density at radius 3 is 2.79 bits per heavy atom. The Labute approximate surface area is 113 Å². The van der Waals surface area contributed by atoms with Crippen LogP contribution in [0.2, 0.25) is 0 Å². The third-order valence-corrected chi connectivity index (χ3v) is 3.12. The maximum absolute atomic E-state index is 11.5. The van der Waals surface area contributed by atoms with Crippen molar-refractivity contribution in [2.75, 3.05) is 19.8 Å². The van der Waals surface area contributed by atoms with Crippen LogP contribution in [0.1, 0.15) is 25.7 Å². The van der Waals surface area contributed by atoms with Crippen molar-refractivity contribution in [2.45, 2.75) is 31.7 Å². The van der Waals surface area contributed by atoms with E-state index in [2.05, 4.69) is 17.2 Å². The third-order valence-electron chi connectivity index (χ3n) is 3.12. The Kier molecular flexibility index (Phi) is 6.95. The predicted molar refractivity (Wildman–Crippen MR) is 70.9 cm³/mol. The van der Waals surface area contributed by atoms with Gasteiger partial charge in [0, 0.05) is 12.6 Å². The number of carbonyl (C=O) groups excluding carboxylic acids is 1. The molecular weight excluding hydrogens is 248 g/mol. The standard InChI is InChI=1S/C13H22N2O4/c1-2-3-7-19-8-6-14-13(18)15-11-5-4-10(9-11)12(16)17/h2,10-11H,1,3-9H2,(H,16,17)(H2,14,15,18). The topological polar surface area (TPSA) is 87.7 Å². The molecule has 0 aliphatic heterocycles. The molecule has 0 saturated heterocycles. The Hall–Kier alpha value is -1.56. The Balaban J connectivity index is 2.05. The Morgan fingerprint density at radius 1 is 1.37 bits per heavy atom. The Bertz CT molecular complexity index is 320. The van der Waals surface area contributed by atoms with E-state index in [-0.39, 0.29) is 18.0 Å². The van der Waals surface area contributed by atoms with E-state index in [0.717, 1.165) is 12.8 Å². The molecular formula is C13H22N2O4. The fraction of sp³-hybridized carbons (Fsp3) is 0.692.